The van der Waals surface area contributed by atoms with Crippen LogP contribution in [0.15, 0.2) is 418 Å². The number of rotatable bonds is 1. The molecule has 0 unspecified atom stereocenters. The third-order valence-electron chi connectivity index (χ3n) is 22.2. The molecular weight excluding hydrogens is 1430 g/mol. The van der Waals surface area contributed by atoms with Gasteiger partial charge in [0.2, 0.25) is 0 Å². The Morgan fingerprint density at radius 3 is 1.17 bits per heavy atom. The summed E-state index contributed by atoms with van der Waals surface area (Å²) in [5.41, 5.74) is 20.6. The highest BCUT2D eigenvalue weighted by Crippen LogP contribution is 2.36. The molecule has 4 heterocycles. The van der Waals surface area contributed by atoms with Gasteiger partial charge in [-0.2, -0.15) is 0 Å². The van der Waals surface area contributed by atoms with Gasteiger partial charge in [0.05, 0.1) is 0 Å². The molecule has 24 rings (SSSR count). The van der Waals surface area contributed by atoms with Gasteiger partial charge in [-0.3, -0.25) is 0 Å². The molecule has 0 saturated carbocycles. The van der Waals surface area contributed by atoms with Gasteiger partial charge in [-0.15, -0.1) is 0 Å². The maximum atomic E-state index is 5.78. The van der Waals surface area contributed by atoms with Crippen LogP contribution >= 0.6 is 0 Å². The van der Waals surface area contributed by atoms with E-state index in [1.807, 2.05) is 91.0 Å². The summed E-state index contributed by atoms with van der Waals surface area (Å²) in [5.74, 6) is 0. The fourth-order valence-corrected chi connectivity index (χ4v) is 16.1. The summed E-state index contributed by atoms with van der Waals surface area (Å²) >= 11 is 0. The van der Waals surface area contributed by atoms with E-state index in [2.05, 4.69) is 365 Å². The summed E-state index contributed by atoms with van der Waals surface area (Å²) in [6, 6.07) is 140. The highest BCUT2D eigenvalue weighted by Gasteiger charge is 2.12. The lowest BCUT2D eigenvalue weighted by atomic mass is 9.98. The molecule has 0 saturated heterocycles. The highest BCUT2D eigenvalue weighted by atomic mass is 16.3. The zero-order valence-electron chi connectivity index (χ0n) is 67.7. The zero-order valence-corrected chi connectivity index (χ0v) is 67.7. The molecule has 0 aliphatic carbocycles. The van der Waals surface area contributed by atoms with Crippen LogP contribution in [0.25, 0.3) is 174 Å². The molecule has 0 amide bonds. The molecule has 0 spiro atoms. The number of para-hydroxylation sites is 5. The van der Waals surface area contributed by atoms with Gasteiger partial charge in [-0.1, -0.05) is 368 Å². The first-order chi connectivity index (χ1) is 57.8. The second kappa shape index (κ2) is 34.2. The Morgan fingerprint density at radius 1 is 0.144 bits per heavy atom. The van der Waals surface area contributed by atoms with Crippen molar-refractivity contribution in [3.8, 4) is 11.1 Å². The van der Waals surface area contributed by atoms with Crippen LogP contribution in [0, 0.1) is 55.4 Å². The standard InChI is InChI=1S/C17H14.3C15H12.4C13H10O/c1-13-6-8-15(9-7-13)17-11-10-14-4-2-3-5-16(14)12-17;1-11-10-12-6-2-3-8-14(12)15-9-5-4-7-13(11)15;1-11-6-9-15-13(10-11)8-7-12-4-2-3-5-14(12)15;1-11-6-7-13-9-8-12-4-2-3-5-14(12)15(13)10-11;1-9-5-4-7-11-10-6-2-3-8-12(10)14-13(9)11;1-9-5-4-8-12-13(9)10-6-2-3-7-11(10)14-12;1-9-6-7-13-11(8-9)10-4-2-3-5-12(10)14-13;1-9-6-7-11-10-4-2-3-5-12(10)14-13(11)8-9/h2-12H,1H3;3*2-10H,1H3;4*2-8H,1H3. The number of aryl methyl sites for hydroxylation is 8. The van der Waals surface area contributed by atoms with Crippen molar-refractivity contribution in [3.63, 3.8) is 0 Å². The minimum absolute atomic E-state index is 0.966. The van der Waals surface area contributed by atoms with E-state index >= 15 is 0 Å². The van der Waals surface area contributed by atoms with E-state index in [1.165, 1.54) is 174 Å². The monoisotopic (exact) mass is 1520 g/mol. The summed E-state index contributed by atoms with van der Waals surface area (Å²) < 4.78 is 23.0. The predicted molar refractivity (Wildman–Crippen MR) is 507 cm³/mol. The van der Waals surface area contributed by atoms with Gasteiger partial charge in [0, 0.05) is 43.1 Å². The first-order valence-electron chi connectivity index (χ1n) is 40.5. The SMILES string of the molecule is Cc1cc2ccccc2c2ccccc12.Cc1ccc(-c2ccc3ccccc3c2)cc1.Cc1ccc2c(c1)oc1ccccc12.Cc1ccc2c(ccc3ccccc32)c1.Cc1ccc2ccc3ccccc3c2c1.Cc1ccc2oc3ccccc3c2c1.Cc1cccc2c1oc1ccccc12.Cc1cccc2oc3ccccc3c12. The zero-order chi connectivity index (χ0) is 80.6. The Bertz CT molecular complexity index is 7700. The Hall–Kier alpha value is -14.6. The van der Waals surface area contributed by atoms with Gasteiger partial charge in [-0.25, -0.2) is 0 Å². The van der Waals surface area contributed by atoms with Crippen molar-refractivity contribution < 1.29 is 17.7 Å². The molecule has 0 radical (unpaired) electrons. The van der Waals surface area contributed by atoms with Gasteiger partial charge in [0.25, 0.3) is 0 Å². The molecule has 0 fully saturated rings. The van der Waals surface area contributed by atoms with E-state index in [0.717, 1.165) is 44.7 Å². The molecule has 570 valence electrons. The molecule has 0 N–H and O–H groups in total. The lowest BCUT2D eigenvalue weighted by Crippen LogP contribution is -1.81. The first kappa shape index (κ1) is 76.1. The van der Waals surface area contributed by atoms with Crippen LogP contribution in [0.3, 0.4) is 0 Å². The van der Waals surface area contributed by atoms with Crippen molar-refractivity contribution >= 4 is 163 Å². The maximum Gasteiger partial charge on any atom is 0.138 e. The largest absolute Gasteiger partial charge is 0.456 e. The summed E-state index contributed by atoms with van der Waals surface area (Å²) in [6.45, 7) is 16.9. The van der Waals surface area contributed by atoms with Crippen LogP contribution in [0.4, 0.5) is 0 Å². The lowest BCUT2D eigenvalue weighted by molar-refractivity contribution is 0.665. The Kier molecular flexibility index (Phi) is 22.1. The van der Waals surface area contributed by atoms with Gasteiger partial charge in [0.15, 0.2) is 0 Å². The van der Waals surface area contributed by atoms with Crippen molar-refractivity contribution in [2.24, 2.45) is 0 Å². The van der Waals surface area contributed by atoms with Crippen molar-refractivity contribution in [1.29, 1.82) is 0 Å². The molecule has 20 aromatic carbocycles. The quantitative estimate of drug-likeness (QED) is 0.154. The minimum Gasteiger partial charge on any atom is -0.456 e. The first-order valence-corrected chi connectivity index (χ1v) is 40.5. The fraction of sp³-hybridized carbons (Fsp3) is 0.0702. The summed E-state index contributed by atoms with van der Waals surface area (Å²) in [5, 5.41) is 28.3. The van der Waals surface area contributed by atoms with E-state index in [0.29, 0.717) is 0 Å². The molecule has 0 atom stereocenters. The van der Waals surface area contributed by atoms with E-state index in [4.69, 9.17) is 17.7 Å². The Balaban J connectivity index is 0.0000000967. The predicted octanol–water partition coefficient (Wildman–Crippen LogP) is 33.3. The van der Waals surface area contributed by atoms with Crippen molar-refractivity contribution in [3.05, 3.63) is 445 Å². The smallest absolute Gasteiger partial charge is 0.138 e. The minimum atomic E-state index is 0.966. The average Bonchev–Trinajstić information content (AvgIpc) is 1.74. The van der Waals surface area contributed by atoms with E-state index in [9.17, 15) is 0 Å². The summed E-state index contributed by atoms with van der Waals surface area (Å²) in [7, 11) is 0. The molecule has 0 aliphatic heterocycles. The average molecular weight is 1520 g/mol. The van der Waals surface area contributed by atoms with Crippen LogP contribution in [0.5, 0.6) is 0 Å². The number of fused-ring (bicyclic) bond motifs is 22. The third-order valence-corrected chi connectivity index (χ3v) is 22.2. The van der Waals surface area contributed by atoms with Crippen LogP contribution in [-0.4, -0.2) is 0 Å². The van der Waals surface area contributed by atoms with Crippen LogP contribution < -0.4 is 0 Å². The number of hydrogen-bond donors (Lipinski definition) is 0. The third kappa shape index (κ3) is 16.4. The van der Waals surface area contributed by atoms with E-state index in [-0.39, 0.29) is 0 Å². The molecule has 4 aromatic heterocycles. The lowest BCUT2D eigenvalue weighted by Gasteiger charge is -2.06. The molecule has 24 aromatic rings. The summed E-state index contributed by atoms with van der Waals surface area (Å²) in [4.78, 5) is 0. The number of furan rings is 4. The van der Waals surface area contributed by atoms with Gasteiger partial charge in [-0.05, 0) is 219 Å². The van der Waals surface area contributed by atoms with Gasteiger partial charge in [0.1, 0.15) is 44.7 Å². The topological polar surface area (TPSA) is 52.6 Å². The van der Waals surface area contributed by atoms with Gasteiger partial charge < -0.3 is 17.7 Å². The number of benzene rings is 20. The van der Waals surface area contributed by atoms with Crippen LogP contribution in [0.1, 0.15) is 44.5 Å². The molecule has 4 heteroatoms. The van der Waals surface area contributed by atoms with Crippen LogP contribution in [0.2, 0.25) is 0 Å². The molecule has 0 aliphatic rings. The second-order valence-electron chi connectivity index (χ2n) is 30.7. The van der Waals surface area contributed by atoms with Gasteiger partial charge >= 0.3 is 0 Å². The molecular formula is C114H90O4. The van der Waals surface area contributed by atoms with Crippen molar-refractivity contribution in [2.45, 2.75) is 55.4 Å². The normalized spacial score (nSPS) is 11.1. The molecule has 0 bridgehead atoms. The molecule has 4 nitrogen and oxygen atoms in total. The maximum absolute atomic E-state index is 5.78. The second-order valence-corrected chi connectivity index (χ2v) is 30.7. The Morgan fingerprint density at radius 2 is 0.500 bits per heavy atom. The van der Waals surface area contributed by atoms with Crippen molar-refractivity contribution in [2.75, 3.05) is 0 Å². The van der Waals surface area contributed by atoms with Crippen molar-refractivity contribution in [1.82, 2.24) is 0 Å². The Labute approximate surface area is 687 Å². The van der Waals surface area contributed by atoms with E-state index in [1.54, 1.807) is 0 Å². The van der Waals surface area contributed by atoms with Crippen LogP contribution in [-0.2, 0) is 0 Å². The highest BCUT2D eigenvalue weighted by molar-refractivity contribution is 6.12. The number of hydrogen-bond acceptors (Lipinski definition) is 4. The summed E-state index contributed by atoms with van der Waals surface area (Å²) in [6.07, 6.45) is 0. The fourth-order valence-electron chi connectivity index (χ4n) is 16.1. The van der Waals surface area contributed by atoms with E-state index < -0.39 is 0 Å². The molecule has 118 heavy (non-hydrogen) atoms.